The van der Waals surface area contributed by atoms with Gasteiger partial charge in [-0.3, -0.25) is 14.9 Å². The highest BCUT2D eigenvalue weighted by molar-refractivity contribution is 5.76. The second kappa shape index (κ2) is 9.34. The third-order valence-electron chi connectivity index (χ3n) is 3.64. The monoisotopic (exact) mass is 340 g/mol. The highest BCUT2D eigenvalue weighted by Gasteiger charge is 2.20. The van der Waals surface area contributed by atoms with E-state index < -0.39 is 16.9 Å². The number of rotatable bonds is 9. The number of ether oxygens (including phenoxy) is 1. The van der Waals surface area contributed by atoms with Crippen molar-refractivity contribution in [3.05, 3.63) is 88.5 Å². The molecule has 0 fully saturated rings. The van der Waals surface area contributed by atoms with Crippen molar-refractivity contribution in [3.8, 4) is 0 Å². The Bertz CT molecular complexity index is 731. The van der Waals surface area contributed by atoms with E-state index in [1.165, 1.54) is 6.07 Å². The summed E-state index contributed by atoms with van der Waals surface area (Å²) in [6.07, 6.45) is 2.04. The first-order valence-electron chi connectivity index (χ1n) is 7.89. The van der Waals surface area contributed by atoms with E-state index in [0.29, 0.717) is 18.5 Å². The summed E-state index contributed by atoms with van der Waals surface area (Å²) < 4.78 is 5.27. The fourth-order valence-electron chi connectivity index (χ4n) is 2.33. The fourth-order valence-corrected chi connectivity index (χ4v) is 2.33. The molecule has 6 nitrogen and oxygen atoms in total. The maximum atomic E-state index is 12.3. The normalized spacial score (nSPS) is 11.5. The van der Waals surface area contributed by atoms with Gasteiger partial charge in [-0.25, -0.2) is 0 Å². The van der Waals surface area contributed by atoms with Gasteiger partial charge in [-0.05, 0) is 18.1 Å². The van der Waals surface area contributed by atoms with Crippen molar-refractivity contribution in [3.63, 3.8) is 0 Å². The number of carbonyl (C=O) groups is 1. The largest absolute Gasteiger partial charge is 0.459 e. The predicted molar refractivity (Wildman–Crippen MR) is 94.8 cm³/mol. The molecule has 1 atom stereocenters. The minimum atomic E-state index is -0.555. The highest BCUT2D eigenvalue weighted by Crippen LogP contribution is 2.18. The number of nitrogens with one attached hydrogen (secondary N) is 1. The fraction of sp³-hybridized carbons (Fsp3) is 0.211. The molecule has 0 saturated carbocycles. The number of hydrogen-bond donors (Lipinski definition) is 1. The lowest BCUT2D eigenvalue weighted by atomic mass is 10.1. The van der Waals surface area contributed by atoms with Gasteiger partial charge < -0.3 is 10.1 Å². The Morgan fingerprint density at radius 1 is 1.20 bits per heavy atom. The first-order valence-corrected chi connectivity index (χ1v) is 7.89. The molecule has 0 bridgehead atoms. The number of esters is 1. The van der Waals surface area contributed by atoms with Crippen LogP contribution in [0.4, 0.5) is 5.69 Å². The average molecular weight is 340 g/mol. The van der Waals surface area contributed by atoms with Crippen LogP contribution in [0.5, 0.6) is 0 Å². The van der Waals surface area contributed by atoms with E-state index in [0.717, 1.165) is 5.56 Å². The number of nitro groups is 1. The summed E-state index contributed by atoms with van der Waals surface area (Å²) in [6.45, 7) is 4.03. The average Bonchev–Trinajstić information content (AvgIpc) is 2.64. The first-order chi connectivity index (χ1) is 12.1. The van der Waals surface area contributed by atoms with Gasteiger partial charge in [0.05, 0.1) is 10.5 Å². The summed E-state index contributed by atoms with van der Waals surface area (Å²) in [4.78, 5) is 22.8. The summed E-state index contributed by atoms with van der Waals surface area (Å²) >= 11 is 0. The Morgan fingerprint density at radius 2 is 1.88 bits per heavy atom. The zero-order valence-electron chi connectivity index (χ0n) is 13.8. The maximum absolute atomic E-state index is 12.3. The van der Waals surface area contributed by atoms with Crippen LogP contribution in [0, 0.1) is 10.1 Å². The van der Waals surface area contributed by atoms with Crippen molar-refractivity contribution in [1.29, 1.82) is 0 Å². The molecule has 0 heterocycles. The Morgan fingerprint density at radius 3 is 2.56 bits per heavy atom. The molecule has 0 aliphatic heterocycles. The number of benzene rings is 2. The SMILES string of the molecule is C=CC[C@H](NCc1ccccc1)C(=O)OCc1ccccc1[N+](=O)[O-]. The number of nitro benzene ring substituents is 1. The summed E-state index contributed by atoms with van der Waals surface area (Å²) in [5, 5.41) is 14.1. The molecule has 0 radical (unpaired) electrons. The van der Waals surface area contributed by atoms with E-state index in [4.69, 9.17) is 4.74 Å². The van der Waals surface area contributed by atoms with E-state index >= 15 is 0 Å². The van der Waals surface area contributed by atoms with E-state index in [9.17, 15) is 14.9 Å². The van der Waals surface area contributed by atoms with E-state index in [1.54, 1.807) is 24.3 Å². The van der Waals surface area contributed by atoms with Crippen LogP contribution in [0.15, 0.2) is 67.3 Å². The van der Waals surface area contributed by atoms with Crippen molar-refractivity contribution in [2.24, 2.45) is 0 Å². The minimum Gasteiger partial charge on any atom is -0.459 e. The quantitative estimate of drug-likeness (QED) is 0.327. The molecule has 2 aromatic rings. The van der Waals surface area contributed by atoms with Gasteiger partial charge in [0.15, 0.2) is 0 Å². The van der Waals surface area contributed by atoms with Crippen molar-refractivity contribution in [1.82, 2.24) is 5.32 Å². The number of hydrogen-bond acceptors (Lipinski definition) is 5. The van der Waals surface area contributed by atoms with Crippen LogP contribution in [-0.2, 0) is 22.7 Å². The Balaban J connectivity index is 1.96. The van der Waals surface area contributed by atoms with Gasteiger partial charge in [0.1, 0.15) is 12.6 Å². The molecule has 6 heteroatoms. The molecule has 0 aliphatic carbocycles. The number of para-hydroxylation sites is 1. The zero-order chi connectivity index (χ0) is 18.1. The summed E-state index contributed by atoms with van der Waals surface area (Å²) in [6, 6.07) is 15.3. The highest BCUT2D eigenvalue weighted by atomic mass is 16.6. The van der Waals surface area contributed by atoms with Crippen LogP contribution < -0.4 is 5.32 Å². The maximum Gasteiger partial charge on any atom is 0.323 e. The lowest BCUT2D eigenvalue weighted by Crippen LogP contribution is -2.37. The second-order valence-corrected chi connectivity index (χ2v) is 5.44. The Hall–Kier alpha value is -2.99. The third kappa shape index (κ3) is 5.54. The molecule has 130 valence electrons. The smallest absolute Gasteiger partial charge is 0.323 e. The number of nitrogens with zero attached hydrogens (tertiary/aromatic N) is 1. The van der Waals surface area contributed by atoms with Gasteiger partial charge in [0.2, 0.25) is 0 Å². The van der Waals surface area contributed by atoms with Gasteiger partial charge in [0.25, 0.3) is 5.69 Å². The molecule has 0 saturated heterocycles. The van der Waals surface area contributed by atoms with Crippen molar-refractivity contribution in [2.75, 3.05) is 0 Å². The molecule has 0 aromatic heterocycles. The van der Waals surface area contributed by atoms with Gasteiger partial charge in [-0.2, -0.15) is 0 Å². The molecule has 1 N–H and O–H groups in total. The molecule has 0 amide bonds. The van der Waals surface area contributed by atoms with Crippen LogP contribution in [0.3, 0.4) is 0 Å². The molecule has 2 rings (SSSR count). The van der Waals surface area contributed by atoms with E-state index in [2.05, 4.69) is 11.9 Å². The van der Waals surface area contributed by atoms with E-state index in [1.807, 2.05) is 30.3 Å². The molecule has 0 aliphatic rings. The number of carbonyl (C=O) groups excluding carboxylic acids is 1. The third-order valence-corrected chi connectivity index (χ3v) is 3.64. The first kappa shape index (κ1) is 18.4. The predicted octanol–water partition coefficient (Wildman–Crippen LogP) is 3.37. The standard InChI is InChI=1S/C19H20N2O4/c1-2-8-17(20-13-15-9-4-3-5-10-15)19(22)25-14-16-11-6-7-12-18(16)21(23)24/h2-7,9-12,17,20H,1,8,13-14H2/t17-/m0/s1. The molecule has 0 spiro atoms. The summed E-state index contributed by atoms with van der Waals surface area (Å²) in [7, 11) is 0. The van der Waals surface area contributed by atoms with Gasteiger partial charge in [-0.1, -0.05) is 48.5 Å². The van der Waals surface area contributed by atoms with Crippen LogP contribution in [0.1, 0.15) is 17.5 Å². The van der Waals surface area contributed by atoms with Gasteiger partial charge >= 0.3 is 5.97 Å². The lowest BCUT2D eigenvalue weighted by Gasteiger charge is -2.16. The topological polar surface area (TPSA) is 81.5 Å². The minimum absolute atomic E-state index is 0.0622. The van der Waals surface area contributed by atoms with Crippen molar-refractivity contribution < 1.29 is 14.5 Å². The van der Waals surface area contributed by atoms with Crippen molar-refractivity contribution >= 4 is 11.7 Å². The lowest BCUT2D eigenvalue weighted by molar-refractivity contribution is -0.385. The summed E-state index contributed by atoms with van der Waals surface area (Å²) in [5.74, 6) is -0.464. The molecule has 25 heavy (non-hydrogen) atoms. The Kier molecular flexibility index (Phi) is 6.86. The van der Waals surface area contributed by atoms with Gasteiger partial charge in [0, 0.05) is 12.6 Å². The second-order valence-electron chi connectivity index (χ2n) is 5.44. The Labute approximate surface area is 146 Å². The van der Waals surface area contributed by atoms with Crippen LogP contribution in [0.25, 0.3) is 0 Å². The molecule has 0 unspecified atom stereocenters. The van der Waals surface area contributed by atoms with Gasteiger partial charge in [-0.15, -0.1) is 6.58 Å². The van der Waals surface area contributed by atoms with Crippen LogP contribution in [-0.4, -0.2) is 16.9 Å². The molecular weight excluding hydrogens is 320 g/mol. The molecular formula is C19H20N2O4. The molecule has 2 aromatic carbocycles. The van der Waals surface area contributed by atoms with Crippen LogP contribution >= 0.6 is 0 Å². The van der Waals surface area contributed by atoms with Crippen molar-refractivity contribution in [2.45, 2.75) is 25.6 Å². The zero-order valence-corrected chi connectivity index (χ0v) is 13.8. The van der Waals surface area contributed by atoms with Crippen LogP contribution in [0.2, 0.25) is 0 Å². The van der Waals surface area contributed by atoms with E-state index in [-0.39, 0.29) is 12.3 Å². The summed E-state index contributed by atoms with van der Waals surface area (Å²) in [5.41, 5.74) is 1.34.